The van der Waals surface area contributed by atoms with Gasteiger partial charge in [0.15, 0.2) is 0 Å². The molecular weight excluding hydrogens is 146 g/mol. The van der Waals surface area contributed by atoms with E-state index in [1.807, 2.05) is 6.92 Å². The predicted molar refractivity (Wildman–Crippen MR) is 40.9 cm³/mol. The van der Waals surface area contributed by atoms with Gasteiger partial charge < -0.3 is 14.8 Å². The highest BCUT2D eigenvalue weighted by Crippen LogP contribution is 2.10. The number of carbonyl (C=O) groups excluding carboxylic acids is 1. The lowest BCUT2D eigenvalue weighted by Gasteiger charge is -2.29. The monoisotopic (exact) mass is 161 g/mol. The van der Waals surface area contributed by atoms with E-state index in [0.717, 1.165) is 0 Å². The molecule has 0 aliphatic carbocycles. The minimum atomic E-state index is -0.953. The topological polar surface area (TPSA) is 47.6 Å². The zero-order valence-electron chi connectivity index (χ0n) is 7.43. The maximum absolute atomic E-state index is 10.7. The van der Waals surface area contributed by atoms with Crippen LogP contribution in [0.25, 0.3) is 0 Å². The number of nitrogens with one attached hydrogen (secondary N) is 1. The van der Waals surface area contributed by atoms with Crippen molar-refractivity contribution in [1.82, 2.24) is 5.32 Å². The fourth-order valence-electron chi connectivity index (χ4n) is 0.831. The summed E-state index contributed by atoms with van der Waals surface area (Å²) in [5.41, 5.74) is 0. The van der Waals surface area contributed by atoms with Crippen LogP contribution >= 0.6 is 0 Å². The van der Waals surface area contributed by atoms with E-state index < -0.39 is 5.91 Å². The Kier molecular flexibility index (Phi) is 4.07. The van der Waals surface area contributed by atoms with Crippen LogP contribution in [-0.4, -0.2) is 26.0 Å². The van der Waals surface area contributed by atoms with Crippen LogP contribution in [0.5, 0.6) is 0 Å². The molecule has 0 atom stereocenters. The van der Waals surface area contributed by atoms with E-state index in [4.69, 9.17) is 9.47 Å². The first-order valence-electron chi connectivity index (χ1n) is 3.49. The van der Waals surface area contributed by atoms with E-state index in [0.29, 0.717) is 6.42 Å². The third-order valence-electron chi connectivity index (χ3n) is 1.49. The van der Waals surface area contributed by atoms with Crippen LogP contribution < -0.4 is 5.32 Å². The molecule has 0 rings (SSSR count). The molecule has 0 aromatic carbocycles. The first-order chi connectivity index (χ1) is 5.10. The summed E-state index contributed by atoms with van der Waals surface area (Å²) in [6, 6.07) is 0. The molecule has 0 aliphatic heterocycles. The Hall–Kier alpha value is -0.610. The number of hydrogen-bond donors (Lipinski definition) is 1. The molecule has 0 fully saturated rings. The Morgan fingerprint density at radius 2 is 1.91 bits per heavy atom. The maximum Gasteiger partial charge on any atom is 0.250 e. The van der Waals surface area contributed by atoms with Gasteiger partial charge in [0, 0.05) is 27.6 Å². The summed E-state index contributed by atoms with van der Waals surface area (Å²) in [6.07, 6.45) is 0.569. The molecule has 0 aromatic heterocycles. The third kappa shape index (κ3) is 2.86. The Morgan fingerprint density at radius 1 is 1.45 bits per heavy atom. The van der Waals surface area contributed by atoms with Gasteiger partial charge in [-0.1, -0.05) is 6.92 Å². The van der Waals surface area contributed by atoms with Crippen molar-refractivity contribution in [2.45, 2.75) is 26.2 Å². The second kappa shape index (κ2) is 4.31. The van der Waals surface area contributed by atoms with Crippen molar-refractivity contribution in [2.75, 3.05) is 14.2 Å². The largest absolute Gasteiger partial charge is 0.336 e. The summed E-state index contributed by atoms with van der Waals surface area (Å²) in [5, 5.41) is 2.56. The fraction of sp³-hybridized carbons (Fsp3) is 0.857. The predicted octanol–water partition coefficient (Wildman–Crippen LogP) is 0.479. The first-order valence-corrected chi connectivity index (χ1v) is 3.49. The van der Waals surface area contributed by atoms with E-state index in [-0.39, 0.29) is 5.91 Å². The number of ether oxygens (including phenoxy) is 2. The second-order valence-electron chi connectivity index (χ2n) is 2.20. The number of rotatable bonds is 4. The molecule has 0 saturated heterocycles. The summed E-state index contributed by atoms with van der Waals surface area (Å²) in [5.74, 6) is -1.12. The van der Waals surface area contributed by atoms with E-state index in [1.165, 1.54) is 21.1 Å². The van der Waals surface area contributed by atoms with Gasteiger partial charge in [-0.15, -0.1) is 0 Å². The highest BCUT2D eigenvalue weighted by Gasteiger charge is 2.27. The van der Waals surface area contributed by atoms with E-state index in [2.05, 4.69) is 5.32 Å². The van der Waals surface area contributed by atoms with Gasteiger partial charge in [-0.05, 0) is 0 Å². The molecule has 0 spiro atoms. The highest BCUT2D eigenvalue weighted by atomic mass is 16.7. The van der Waals surface area contributed by atoms with Gasteiger partial charge in [-0.25, -0.2) is 0 Å². The van der Waals surface area contributed by atoms with Gasteiger partial charge in [-0.3, -0.25) is 4.79 Å². The molecule has 1 amide bonds. The Labute approximate surface area is 66.9 Å². The third-order valence-corrected chi connectivity index (χ3v) is 1.49. The minimum absolute atomic E-state index is 0.171. The highest BCUT2D eigenvalue weighted by molar-refractivity contribution is 5.73. The fourth-order valence-corrected chi connectivity index (χ4v) is 0.831. The van der Waals surface area contributed by atoms with Crippen LogP contribution in [0.15, 0.2) is 0 Å². The first kappa shape index (κ1) is 10.4. The van der Waals surface area contributed by atoms with Crippen LogP contribution in [0.4, 0.5) is 0 Å². The van der Waals surface area contributed by atoms with Crippen molar-refractivity contribution < 1.29 is 14.3 Å². The van der Waals surface area contributed by atoms with Crippen molar-refractivity contribution in [1.29, 1.82) is 0 Å². The molecule has 0 aromatic rings. The molecule has 1 N–H and O–H groups in total. The molecule has 0 unspecified atom stereocenters. The molecule has 0 radical (unpaired) electrons. The zero-order chi connectivity index (χ0) is 8.91. The van der Waals surface area contributed by atoms with E-state index >= 15 is 0 Å². The molecule has 0 heterocycles. The van der Waals surface area contributed by atoms with E-state index in [9.17, 15) is 4.79 Å². The lowest BCUT2D eigenvalue weighted by atomic mass is 10.3. The van der Waals surface area contributed by atoms with Crippen LogP contribution in [0.1, 0.15) is 20.3 Å². The van der Waals surface area contributed by atoms with Crippen LogP contribution in [0.2, 0.25) is 0 Å². The number of amides is 1. The Balaban J connectivity index is 4.16. The average Bonchev–Trinajstić information content (AvgIpc) is 2.00. The van der Waals surface area contributed by atoms with Crippen molar-refractivity contribution >= 4 is 5.91 Å². The number of hydrogen-bond acceptors (Lipinski definition) is 3. The molecule has 11 heavy (non-hydrogen) atoms. The van der Waals surface area contributed by atoms with Crippen molar-refractivity contribution in [3.05, 3.63) is 0 Å². The standard InChI is InChI=1S/C7H15NO3/c1-5-7(10-3,11-4)8-6(2)9/h5H2,1-4H3,(H,8,9). The second-order valence-corrected chi connectivity index (χ2v) is 2.20. The Bertz CT molecular complexity index is 123. The molecule has 4 nitrogen and oxygen atoms in total. The number of carbonyl (C=O) groups is 1. The van der Waals surface area contributed by atoms with Crippen molar-refractivity contribution in [2.24, 2.45) is 0 Å². The van der Waals surface area contributed by atoms with Gasteiger partial charge in [0.05, 0.1) is 0 Å². The number of methoxy groups -OCH3 is 2. The summed E-state index contributed by atoms with van der Waals surface area (Å²) < 4.78 is 9.99. The summed E-state index contributed by atoms with van der Waals surface area (Å²) in [4.78, 5) is 10.7. The SMILES string of the molecule is CCC(NC(C)=O)(OC)OC. The zero-order valence-corrected chi connectivity index (χ0v) is 7.43. The maximum atomic E-state index is 10.7. The lowest BCUT2D eigenvalue weighted by Crippen LogP contribution is -2.50. The van der Waals surface area contributed by atoms with Crippen LogP contribution in [-0.2, 0) is 14.3 Å². The quantitative estimate of drug-likeness (QED) is 0.610. The summed E-state index contributed by atoms with van der Waals surface area (Å²) in [6.45, 7) is 3.28. The van der Waals surface area contributed by atoms with Gasteiger partial charge in [0.1, 0.15) is 0 Å². The van der Waals surface area contributed by atoms with Gasteiger partial charge in [0.25, 0.3) is 5.91 Å². The molecular formula is C7H15NO3. The summed E-state index contributed by atoms with van der Waals surface area (Å²) >= 11 is 0. The molecule has 0 bridgehead atoms. The Morgan fingerprint density at radius 3 is 2.00 bits per heavy atom. The molecule has 4 heteroatoms. The van der Waals surface area contributed by atoms with Crippen LogP contribution in [0, 0.1) is 0 Å². The van der Waals surface area contributed by atoms with Crippen molar-refractivity contribution in [3.63, 3.8) is 0 Å². The molecule has 66 valence electrons. The minimum Gasteiger partial charge on any atom is -0.336 e. The van der Waals surface area contributed by atoms with Crippen molar-refractivity contribution in [3.8, 4) is 0 Å². The summed E-state index contributed by atoms with van der Waals surface area (Å²) in [7, 11) is 2.98. The lowest BCUT2D eigenvalue weighted by molar-refractivity contribution is -0.227. The van der Waals surface area contributed by atoms with Crippen LogP contribution in [0.3, 0.4) is 0 Å². The normalized spacial score (nSPS) is 11.3. The van der Waals surface area contributed by atoms with Gasteiger partial charge >= 0.3 is 0 Å². The van der Waals surface area contributed by atoms with E-state index in [1.54, 1.807) is 0 Å². The molecule has 0 saturated carbocycles. The van der Waals surface area contributed by atoms with Gasteiger partial charge in [-0.2, -0.15) is 0 Å². The molecule has 0 aliphatic rings. The van der Waals surface area contributed by atoms with Gasteiger partial charge in [0.2, 0.25) is 5.91 Å². The smallest absolute Gasteiger partial charge is 0.250 e. The average molecular weight is 161 g/mol.